The summed E-state index contributed by atoms with van der Waals surface area (Å²) in [5.41, 5.74) is 1.41. The Morgan fingerprint density at radius 1 is 0.955 bits per heavy atom. The molecule has 1 heterocycles. The van der Waals surface area contributed by atoms with Crippen LogP contribution in [0.5, 0.6) is 11.5 Å². The molecule has 22 heavy (non-hydrogen) atoms. The van der Waals surface area contributed by atoms with Gasteiger partial charge in [0.25, 0.3) is 0 Å². The number of fused-ring (bicyclic) bond motifs is 1. The van der Waals surface area contributed by atoms with E-state index in [1.54, 1.807) is 0 Å². The van der Waals surface area contributed by atoms with Crippen molar-refractivity contribution in [2.24, 2.45) is 0 Å². The summed E-state index contributed by atoms with van der Waals surface area (Å²) >= 11 is 0. The first-order chi connectivity index (χ1) is 10.8. The average molecular weight is 295 g/mol. The minimum Gasteiger partial charge on any atom is -0.486 e. The van der Waals surface area contributed by atoms with Crippen LogP contribution in [0.2, 0.25) is 0 Å². The van der Waals surface area contributed by atoms with E-state index in [9.17, 15) is 4.79 Å². The number of nitrogens with one attached hydrogen (secondary N) is 1. The molecule has 4 heteroatoms. The molecular weight excluding hydrogens is 278 g/mol. The van der Waals surface area contributed by atoms with Gasteiger partial charge >= 0.3 is 0 Å². The first kappa shape index (κ1) is 13.2. The molecule has 0 saturated heterocycles. The van der Waals surface area contributed by atoms with Gasteiger partial charge in [-0.3, -0.25) is 4.79 Å². The molecule has 0 spiro atoms. The van der Waals surface area contributed by atoms with E-state index in [1.165, 1.54) is 0 Å². The maximum absolute atomic E-state index is 12.7. The smallest absolute Gasteiger partial charge is 0.235 e. The number of carbonyl (C=O) groups is 1. The number of carbonyl (C=O) groups excluding carboxylic acids is 1. The Morgan fingerprint density at radius 2 is 1.68 bits per heavy atom. The van der Waals surface area contributed by atoms with E-state index in [4.69, 9.17) is 9.47 Å². The third kappa shape index (κ3) is 2.21. The van der Waals surface area contributed by atoms with E-state index in [-0.39, 0.29) is 5.91 Å². The normalized spacial score (nSPS) is 17.6. The summed E-state index contributed by atoms with van der Waals surface area (Å²) in [6, 6.07) is 15.4. The van der Waals surface area contributed by atoms with E-state index in [1.807, 2.05) is 48.5 Å². The van der Waals surface area contributed by atoms with E-state index < -0.39 is 5.41 Å². The van der Waals surface area contributed by atoms with Gasteiger partial charge < -0.3 is 14.8 Å². The molecule has 1 amide bonds. The zero-order valence-corrected chi connectivity index (χ0v) is 12.2. The van der Waals surface area contributed by atoms with E-state index in [2.05, 4.69) is 5.32 Å². The molecule has 0 radical (unpaired) electrons. The molecule has 1 aliphatic carbocycles. The number of para-hydroxylation sites is 1. The zero-order valence-electron chi connectivity index (χ0n) is 12.2. The Kier molecular flexibility index (Phi) is 3.03. The summed E-state index contributed by atoms with van der Waals surface area (Å²) in [5, 5.41) is 3.01. The highest BCUT2D eigenvalue weighted by molar-refractivity contribution is 6.01. The Bertz CT molecular complexity index is 708. The molecule has 1 N–H and O–H groups in total. The topological polar surface area (TPSA) is 47.6 Å². The number of hydrogen-bond donors (Lipinski definition) is 1. The maximum atomic E-state index is 12.7. The highest BCUT2D eigenvalue weighted by Gasteiger charge is 2.51. The van der Waals surface area contributed by atoms with Crippen LogP contribution in [0.3, 0.4) is 0 Å². The summed E-state index contributed by atoms with van der Waals surface area (Å²) in [6.45, 7) is 1.13. The van der Waals surface area contributed by atoms with Crippen molar-refractivity contribution < 1.29 is 14.3 Å². The average Bonchev–Trinajstić information content (AvgIpc) is 3.37. The van der Waals surface area contributed by atoms with Crippen molar-refractivity contribution in [1.82, 2.24) is 0 Å². The molecule has 4 nitrogen and oxygen atoms in total. The number of anilines is 1. The quantitative estimate of drug-likeness (QED) is 0.946. The maximum Gasteiger partial charge on any atom is 0.235 e. The third-order valence-corrected chi connectivity index (χ3v) is 4.31. The molecule has 1 fully saturated rings. The molecule has 2 aromatic carbocycles. The fourth-order valence-electron chi connectivity index (χ4n) is 2.89. The first-order valence-electron chi connectivity index (χ1n) is 7.55. The Morgan fingerprint density at radius 3 is 2.41 bits per heavy atom. The van der Waals surface area contributed by atoms with Gasteiger partial charge in [-0.1, -0.05) is 24.3 Å². The Labute approximate surface area is 129 Å². The van der Waals surface area contributed by atoms with Crippen molar-refractivity contribution in [1.29, 1.82) is 0 Å². The number of rotatable bonds is 3. The summed E-state index contributed by atoms with van der Waals surface area (Å²) in [7, 11) is 0. The summed E-state index contributed by atoms with van der Waals surface area (Å²) in [4.78, 5) is 12.7. The van der Waals surface area contributed by atoms with E-state index >= 15 is 0 Å². The Balaban J connectivity index is 1.60. The van der Waals surface area contributed by atoms with Crippen molar-refractivity contribution in [2.45, 2.75) is 18.3 Å². The van der Waals surface area contributed by atoms with Gasteiger partial charge in [-0.05, 0) is 42.7 Å². The molecule has 4 rings (SSSR count). The minimum absolute atomic E-state index is 0.0513. The van der Waals surface area contributed by atoms with E-state index in [0.29, 0.717) is 13.2 Å². The molecule has 2 aliphatic rings. The molecule has 1 aliphatic heterocycles. The lowest BCUT2D eigenvalue weighted by Gasteiger charge is -2.21. The van der Waals surface area contributed by atoms with Gasteiger partial charge in [-0.2, -0.15) is 0 Å². The fraction of sp³-hybridized carbons (Fsp3) is 0.278. The van der Waals surface area contributed by atoms with Crippen LogP contribution < -0.4 is 14.8 Å². The SMILES string of the molecule is O=C(Nc1ccccc1)C1(c2ccc3c(c2)OCCO3)CC1. The van der Waals surface area contributed by atoms with Crippen molar-refractivity contribution in [3.63, 3.8) is 0 Å². The molecule has 0 bridgehead atoms. The second-order valence-corrected chi connectivity index (χ2v) is 5.76. The fourth-order valence-corrected chi connectivity index (χ4v) is 2.89. The second kappa shape index (κ2) is 5.05. The highest BCUT2D eigenvalue weighted by Crippen LogP contribution is 2.50. The third-order valence-electron chi connectivity index (χ3n) is 4.31. The molecule has 2 aromatic rings. The van der Waals surface area contributed by atoms with Gasteiger partial charge in [0.05, 0.1) is 5.41 Å². The lowest BCUT2D eigenvalue weighted by Crippen LogP contribution is -2.28. The summed E-state index contributed by atoms with van der Waals surface area (Å²) < 4.78 is 11.2. The van der Waals surface area contributed by atoms with Crippen molar-refractivity contribution >= 4 is 11.6 Å². The zero-order chi connectivity index (χ0) is 15.0. The monoisotopic (exact) mass is 295 g/mol. The molecule has 0 unspecified atom stereocenters. The predicted octanol–water partition coefficient (Wildman–Crippen LogP) is 3.13. The van der Waals surface area contributed by atoms with Gasteiger partial charge in [-0.15, -0.1) is 0 Å². The molecule has 1 saturated carbocycles. The lowest BCUT2D eigenvalue weighted by molar-refractivity contribution is -0.118. The molecule has 112 valence electrons. The van der Waals surface area contributed by atoms with Gasteiger partial charge in [0.2, 0.25) is 5.91 Å². The van der Waals surface area contributed by atoms with E-state index in [0.717, 1.165) is 35.6 Å². The summed E-state index contributed by atoms with van der Waals surface area (Å²) in [6.07, 6.45) is 1.73. The van der Waals surface area contributed by atoms with Crippen molar-refractivity contribution in [2.75, 3.05) is 18.5 Å². The standard InChI is InChI=1S/C18H17NO3/c20-17(19-14-4-2-1-3-5-14)18(8-9-18)13-6-7-15-16(12-13)22-11-10-21-15/h1-7,12H,8-11H2,(H,19,20). The second-order valence-electron chi connectivity index (χ2n) is 5.76. The number of amides is 1. The highest BCUT2D eigenvalue weighted by atomic mass is 16.6. The van der Waals surface area contributed by atoms with Crippen LogP contribution in [0.1, 0.15) is 18.4 Å². The van der Waals surface area contributed by atoms with Crippen LogP contribution in [-0.2, 0) is 10.2 Å². The van der Waals surface area contributed by atoms with Gasteiger partial charge in [-0.25, -0.2) is 0 Å². The van der Waals surface area contributed by atoms with Crippen LogP contribution in [0.25, 0.3) is 0 Å². The van der Waals surface area contributed by atoms with Gasteiger partial charge in [0.15, 0.2) is 11.5 Å². The van der Waals surface area contributed by atoms with Crippen molar-refractivity contribution in [3.8, 4) is 11.5 Å². The predicted molar refractivity (Wildman–Crippen MR) is 83.4 cm³/mol. The Hall–Kier alpha value is -2.49. The number of hydrogen-bond acceptors (Lipinski definition) is 3. The molecule has 0 aromatic heterocycles. The molecular formula is C18H17NO3. The number of benzene rings is 2. The largest absolute Gasteiger partial charge is 0.486 e. The first-order valence-corrected chi connectivity index (χ1v) is 7.55. The number of ether oxygens (including phenoxy) is 2. The van der Waals surface area contributed by atoms with Gasteiger partial charge in [0.1, 0.15) is 13.2 Å². The van der Waals surface area contributed by atoms with Crippen LogP contribution in [0.4, 0.5) is 5.69 Å². The van der Waals surface area contributed by atoms with Crippen molar-refractivity contribution in [3.05, 3.63) is 54.1 Å². The van der Waals surface area contributed by atoms with Gasteiger partial charge in [0, 0.05) is 5.69 Å². The molecule has 0 atom stereocenters. The summed E-state index contributed by atoms with van der Waals surface area (Å²) in [5.74, 6) is 1.55. The van der Waals surface area contributed by atoms with Crippen LogP contribution in [0, 0.1) is 0 Å². The van der Waals surface area contributed by atoms with Crippen LogP contribution >= 0.6 is 0 Å². The lowest BCUT2D eigenvalue weighted by atomic mass is 9.94. The minimum atomic E-state index is -0.425. The van der Waals surface area contributed by atoms with Crippen LogP contribution in [0.15, 0.2) is 48.5 Å². The van der Waals surface area contributed by atoms with Crippen LogP contribution in [-0.4, -0.2) is 19.1 Å².